The highest BCUT2D eigenvalue weighted by Crippen LogP contribution is 2.18. The Hall–Kier alpha value is -2.11. The molecule has 0 saturated carbocycles. The largest absolute Gasteiger partial charge is 0.494 e. The Morgan fingerprint density at radius 3 is 2.50 bits per heavy atom. The first-order valence-corrected chi connectivity index (χ1v) is 5.17. The van der Waals surface area contributed by atoms with Gasteiger partial charge in [0.2, 0.25) is 0 Å². The van der Waals surface area contributed by atoms with Crippen LogP contribution in [0.1, 0.15) is 24.2 Å². The lowest BCUT2D eigenvalue weighted by Gasteiger charge is -2.21. The fourth-order valence-electron chi connectivity index (χ4n) is 1.21. The van der Waals surface area contributed by atoms with Crippen molar-refractivity contribution in [1.82, 2.24) is 5.32 Å². The fraction of sp³-hybridized carbons (Fsp3) is 0.333. The molecule has 1 rings (SSSR count). The second-order valence-corrected chi connectivity index (χ2v) is 4.23. The molecule has 18 heavy (non-hydrogen) atoms. The van der Waals surface area contributed by atoms with E-state index in [9.17, 15) is 14.0 Å². The zero-order valence-corrected chi connectivity index (χ0v) is 10.3. The van der Waals surface area contributed by atoms with Crippen LogP contribution < -0.4 is 10.1 Å². The van der Waals surface area contributed by atoms with Crippen LogP contribution in [0.2, 0.25) is 0 Å². The summed E-state index contributed by atoms with van der Waals surface area (Å²) in [5.74, 6) is -2.44. The maximum atomic E-state index is 13.1. The van der Waals surface area contributed by atoms with Crippen molar-refractivity contribution in [1.29, 1.82) is 0 Å². The topological polar surface area (TPSA) is 75.6 Å². The Morgan fingerprint density at radius 2 is 2.00 bits per heavy atom. The maximum Gasteiger partial charge on any atom is 0.328 e. The summed E-state index contributed by atoms with van der Waals surface area (Å²) in [4.78, 5) is 22.7. The van der Waals surface area contributed by atoms with Gasteiger partial charge in [-0.05, 0) is 32.0 Å². The van der Waals surface area contributed by atoms with E-state index in [1.165, 1.54) is 33.1 Å². The maximum absolute atomic E-state index is 13.1. The van der Waals surface area contributed by atoms with Gasteiger partial charge in [-0.2, -0.15) is 0 Å². The van der Waals surface area contributed by atoms with Crippen molar-refractivity contribution in [3.63, 3.8) is 0 Å². The third-order valence-corrected chi connectivity index (χ3v) is 2.37. The van der Waals surface area contributed by atoms with Crippen molar-refractivity contribution in [2.45, 2.75) is 19.4 Å². The van der Waals surface area contributed by atoms with Crippen molar-refractivity contribution in [2.24, 2.45) is 0 Å². The van der Waals surface area contributed by atoms with Gasteiger partial charge in [0.1, 0.15) is 5.54 Å². The van der Waals surface area contributed by atoms with E-state index >= 15 is 0 Å². The number of ether oxygens (including phenoxy) is 1. The number of carbonyl (C=O) groups excluding carboxylic acids is 1. The molecule has 0 unspecified atom stereocenters. The van der Waals surface area contributed by atoms with Gasteiger partial charge in [0.25, 0.3) is 5.91 Å². The Bertz CT molecular complexity index is 485. The molecule has 0 heterocycles. The SMILES string of the molecule is COc1cc(C(=O)NC(C)(C)C(=O)O)ccc1F. The first kappa shape index (κ1) is 14.0. The van der Waals surface area contributed by atoms with E-state index in [2.05, 4.69) is 5.32 Å². The molecule has 98 valence electrons. The molecule has 1 aromatic carbocycles. The van der Waals surface area contributed by atoms with E-state index in [1.807, 2.05) is 0 Å². The Morgan fingerprint density at radius 1 is 1.39 bits per heavy atom. The first-order valence-electron chi connectivity index (χ1n) is 5.17. The molecule has 0 spiro atoms. The summed E-state index contributed by atoms with van der Waals surface area (Å²) in [5, 5.41) is 11.2. The van der Waals surface area contributed by atoms with E-state index in [1.54, 1.807) is 0 Å². The lowest BCUT2D eigenvalue weighted by atomic mass is 10.1. The molecular weight excluding hydrogens is 241 g/mol. The summed E-state index contributed by atoms with van der Waals surface area (Å²) in [5.41, 5.74) is -1.28. The van der Waals surface area contributed by atoms with Crippen molar-refractivity contribution >= 4 is 11.9 Å². The molecule has 0 fully saturated rings. The molecule has 5 nitrogen and oxygen atoms in total. The highest BCUT2D eigenvalue weighted by molar-refractivity contribution is 5.97. The average Bonchev–Trinajstić information content (AvgIpc) is 2.28. The average molecular weight is 255 g/mol. The molecule has 0 aromatic heterocycles. The summed E-state index contributed by atoms with van der Waals surface area (Å²) >= 11 is 0. The minimum absolute atomic E-state index is 0.0734. The van der Waals surface area contributed by atoms with Crippen LogP contribution in [0.4, 0.5) is 4.39 Å². The van der Waals surface area contributed by atoms with Gasteiger partial charge in [0.05, 0.1) is 7.11 Å². The minimum atomic E-state index is -1.40. The number of hydrogen-bond donors (Lipinski definition) is 2. The number of hydrogen-bond acceptors (Lipinski definition) is 3. The smallest absolute Gasteiger partial charge is 0.328 e. The van der Waals surface area contributed by atoms with Gasteiger partial charge in [-0.1, -0.05) is 0 Å². The molecule has 0 aliphatic rings. The minimum Gasteiger partial charge on any atom is -0.494 e. The molecule has 0 bridgehead atoms. The molecule has 0 aliphatic carbocycles. The summed E-state index contributed by atoms with van der Waals surface area (Å²) in [6.45, 7) is 2.71. The highest BCUT2D eigenvalue weighted by atomic mass is 19.1. The van der Waals surface area contributed by atoms with Crippen molar-refractivity contribution in [3.05, 3.63) is 29.6 Å². The first-order chi connectivity index (χ1) is 8.27. The number of nitrogens with one attached hydrogen (secondary N) is 1. The van der Waals surface area contributed by atoms with Crippen LogP contribution >= 0.6 is 0 Å². The normalized spacial score (nSPS) is 10.9. The third kappa shape index (κ3) is 2.97. The van der Waals surface area contributed by atoms with Gasteiger partial charge < -0.3 is 15.2 Å². The second-order valence-electron chi connectivity index (χ2n) is 4.23. The summed E-state index contributed by atoms with van der Waals surface area (Å²) < 4.78 is 17.9. The molecule has 0 aliphatic heterocycles. The zero-order chi connectivity index (χ0) is 13.9. The number of methoxy groups -OCH3 is 1. The van der Waals surface area contributed by atoms with E-state index in [0.717, 1.165) is 6.07 Å². The van der Waals surface area contributed by atoms with Crippen LogP contribution in [-0.4, -0.2) is 29.6 Å². The number of carboxylic acids is 1. The second kappa shape index (κ2) is 5.03. The summed E-state index contributed by atoms with van der Waals surface area (Å²) in [7, 11) is 1.28. The van der Waals surface area contributed by atoms with Gasteiger partial charge in [-0.15, -0.1) is 0 Å². The lowest BCUT2D eigenvalue weighted by Crippen LogP contribution is -2.49. The molecule has 0 atom stereocenters. The lowest BCUT2D eigenvalue weighted by molar-refractivity contribution is -0.143. The van der Waals surface area contributed by atoms with Crippen molar-refractivity contribution in [3.8, 4) is 5.75 Å². The summed E-state index contributed by atoms with van der Waals surface area (Å²) in [6, 6.07) is 3.55. The third-order valence-electron chi connectivity index (χ3n) is 2.37. The number of carbonyl (C=O) groups is 2. The number of halogens is 1. The molecule has 1 aromatic rings. The van der Waals surface area contributed by atoms with Crippen LogP contribution in [0.15, 0.2) is 18.2 Å². The van der Waals surface area contributed by atoms with Gasteiger partial charge in [-0.3, -0.25) is 4.79 Å². The molecule has 6 heteroatoms. The van der Waals surface area contributed by atoms with Crippen LogP contribution in [-0.2, 0) is 4.79 Å². The van der Waals surface area contributed by atoms with Gasteiger partial charge in [0, 0.05) is 5.56 Å². The van der Waals surface area contributed by atoms with Crippen LogP contribution in [0.25, 0.3) is 0 Å². The van der Waals surface area contributed by atoms with Crippen LogP contribution in [0.5, 0.6) is 5.75 Å². The van der Waals surface area contributed by atoms with E-state index in [4.69, 9.17) is 9.84 Å². The molecule has 0 saturated heterocycles. The fourth-order valence-corrected chi connectivity index (χ4v) is 1.21. The quantitative estimate of drug-likeness (QED) is 0.853. The molecule has 1 amide bonds. The van der Waals surface area contributed by atoms with Gasteiger partial charge in [-0.25, -0.2) is 9.18 Å². The van der Waals surface area contributed by atoms with E-state index < -0.39 is 23.2 Å². The van der Waals surface area contributed by atoms with Crippen LogP contribution in [0, 0.1) is 5.82 Å². The zero-order valence-electron chi connectivity index (χ0n) is 10.3. The molecule has 0 radical (unpaired) electrons. The number of amides is 1. The molecular formula is C12H14FNO4. The number of benzene rings is 1. The van der Waals surface area contributed by atoms with Crippen molar-refractivity contribution in [2.75, 3.05) is 7.11 Å². The Labute approximate surface area is 104 Å². The van der Waals surface area contributed by atoms with Gasteiger partial charge in [0.15, 0.2) is 11.6 Å². The van der Waals surface area contributed by atoms with Gasteiger partial charge >= 0.3 is 5.97 Å². The Kier molecular flexibility index (Phi) is 3.90. The van der Waals surface area contributed by atoms with Crippen LogP contribution in [0.3, 0.4) is 0 Å². The standard InChI is InChI=1S/C12H14FNO4/c1-12(2,11(16)17)14-10(15)7-4-5-8(13)9(6-7)18-3/h4-6H,1-3H3,(H,14,15)(H,16,17). The van der Waals surface area contributed by atoms with E-state index in [0.29, 0.717) is 0 Å². The predicted octanol–water partition coefficient (Wildman–Crippen LogP) is 1.43. The monoisotopic (exact) mass is 255 g/mol. The summed E-state index contributed by atoms with van der Waals surface area (Å²) in [6.07, 6.45) is 0. The number of rotatable bonds is 4. The highest BCUT2D eigenvalue weighted by Gasteiger charge is 2.29. The Balaban J connectivity index is 2.95. The number of aliphatic carboxylic acids is 1. The van der Waals surface area contributed by atoms with Crippen molar-refractivity contribution < 1.29 is 23.8 Å². The predicted molar refractivity (Wildman–Crippen MR) is 62.1 cm³/mol. The number of carboxylic acid groups (broad SMARTS) is 1. The van der Waals surface area contributed by atoms with E-state index in [-0.39, 0.29) is 11.3 Å². The molecule has 2 N–H and O–H groups in total.